The fourth-order valence-corrected chi connectivity index (χ4v) is 2.12. The normalized spacial score (nSPS) is 34.8. The number of rotatable bonds is 3. The Labute approximate surface area is 78.9 Å². The van der Waals surface area contributed by atoms with Gasteiger partial charge in [0.1, 0.15) is 0 Å². The van der Waals surface area contributed by atoms with Gasteiger partial charge in [0.15, 0.2) is 5.60 Å². The standard InChI is InChI=1S/C7H12O5S/c1-5-3-7(4-5,6(8)11-2)12-13(9)10/h5H,3-4H2,1-2H3,(H,9,10)/p-1. The van der Waals surface area contributed by atoms with E-state index in [0.29, 0.717) is 18.8 Å². The van der Waals surface area contributed by atoms with E-state index >= 15 is 0 Å². The third-order valence-electron chi connectivity index (χ3n) is 2.14. The fraction of sp³-hybridized carbons (Fsp3) is 0.857. The average molecular weight is 207 g/mol. The Morgan fingerprint density at radius 1 is 1.62 bits per heavy atom. The first-order valence-electron chi connectivity index (χ1n) is 3.87. The van der Waals surface area contributed by atoms with Crippen LogP contribution in [0.2, 0.25) is 0 Å². The van der Waals surface area contributed by atoms with Gasteiger partial charge in [-0.1, -0.05) is 6.92 Å². The summed E-state index contributed by atoms with van der Waals surface area (Å²) >= 11 is -2.67. The monoisotopic (exact) mass is 207 g/mol. The van der Waals surface area contributed by atoms with Gasteiger partial charge in [-0.2, -0.15) is 0 Å². The largest absolute Gasteiger partial charge is 0.750 e. The zero-order valence-electron chi connectivity index (χ0n) is 7.44. The van der Waals surface area contributed by atoms with E-state index in [2.05, 4.69) is 8.92 Å². The molecule has 1 unspecified atom stereocenters. The lowest BCUT2D eigenvalue weighted by atomic mass is 9.72. The van der Waals surface area contributed by atoms with E-state index in [1.807, 2.05) is 6.92 Å². The lowest BCUT2D eigenvalue weighted by Crippen LogP contribution is -2.52. The van der Waals surface area contributed by atoms with Crippen LogP contribution in [0.1, 0.15) is 19.8 Å². The van der Waals surface area contributed by atoms with Crippen molar-refractivity contribution in [1.82, 2.24) is 0 Å². The zero-order valence-corrected chi connectivity index (χ0v) is 8.26. The summed E-state index contributed by atoms with van der Waals surface area (Å²) in [4.78, 5) is 11.2. The minimum atomic E-state index is -2.67. The molecule has 76 valence electrons. The molecular formula is C7H11O5S-. The van der Waals surface area contributed by atoms with E-state index in [9.17, 15) is 13.6 Å². The maximum atomic E-state index is 11.2. The Morgan fingerprint density at radius 3 is 2.46 bits per heavy atom. The van der Waals surface area contributed by atoms with Crippen LogP contribution in [0.3, 0.4) is 0 Å². The summed E-state index contributed by atoms with van der Waals surface area (Å²) in [6, 6.07) is 0. The molecule has 0 bridgehead atoms. The highest BCUT2D eigenvalue weighted by Gasteiger charge is 2.51. The number of carbonyl (C=O) groups is 1. The lowest BCUT2D eigenvalue weighted by molar-refractivity contribution is -0.171. The predicted molar refractivity (Wildman–Crippen MR) is 43.1 cm³/mol. The van der Waals surface area contributed by atoms with Crippen molar-refractivity contribution in [3.05, 3.63) is 0 Å². The number of carbonyl (C=O) groups excluding carboxylic acids is 1. The zero-order chi connectivity index (χ0) is 10.1. The summed E-state index contributed by atoms with van der Waals surface area (Å²) in [6.45, 7) is 1.91. The Kier molecular flexibility index (Phi) is 3.05. The summed E-state index contributed by atoms with van der Waals surface area (Å²) in [5.74, 6) is -0.322. The SMILES string of the molecule is COC(=O)C1(OS(=O)[O-])CC(C)C1. The molecule has 0 spiro atoms. The summed E-state index contributed by atoms with van der Waals surface area (Å²) in [5, 5.41) is 0. The average Bonchev–Trinajstić information content (AvgIpc) is 1.98. The van der Waals surface area contributed by atoms with Crippen LogP contribution in [0, 0.1) is 5.92 Å². The molecule has 1 saturated carbocycles. The number of hydrogen-bond donors (Lipinski definition) is 0. The smallest absolute Gasteiger partial charge is 0.339 e. The molecule has 0 aromatic carbocycles. The van der Waals surface area contributed by atoms with E-state index in [1.165, 1.54) is 7.11 Å². The van der Waals surface area contributed by atoms with Crippen molar-refractivity contribution in [2.75, 3.05) is 7.11 Å². The van der Waals surface area contributed by atoms with Crippen molar-refractivity contribution < 1.29 is 22.5 Å². The third-order valence-corrected chi connectivity index (χ3v) is 2.60. The first kappa shape index (κ1) is 10.6. The van der Waals surface area contributed by atoms with Crippen molar-refractivity contribution in [3.63, 3.8) is 0 Å². The molecule has 0 heterocycles. The Morgan fingerprint density at radius 2 is 2.15 bits per heavy atom. The second kappa shape index (κ2) is 3.73. The molecule has 1 rings (SSSR count). The fourth-order valence-electron chi connectivity index (χ4n) is 1.65. The molecule has 0 aromatic rings. The van der Waals surface area contributed by atoms with Crippen molar-refractivity contribution >= 4 is 17.3 Å². The topological polar surface area (TPSA) is 75.7 Å². The first-order chi connectivity index (χ1) is 6.00. The molecule has 1 aliphatic rings. The van der Waals surface area contributed by atoms with Crippen LogP contribution in [-0.2, 0) is 25.1 Å². The molecule has 1 aliphatic carbocycles. The van der Waals surface area contributed by atoms with Crippen LogP contribution in [0.5, 0.6) is 0 Å². The third kappa shape index (κ3) is 2.07. The second-order valence-electron chi connectivity index (χ2n) is 3.29. The van der Waals surface area contributed by atoms with Crippen molar-refractivity contribution in [3.8, 4) is 0 Å². The summed E-state index contributed by atoms with van der Waals surface area (Å²) < 4.78 is 29.6. The van der Waals surface area contributed by atoms with E-state index < -0.39 is 22.9 Å². The van der Waals surface area contributed by atoms with Gasteiger partial charge < -0.3 is 9.29 Å². The van der Waals surface area contributed by atoms with Gasteiger partial charge in [0, 0.05) is 0 Å². The highest BCUT2D eigenvalue weighted by molar-refractivity contribution is 7.74. The van der Waals surface area contributed by atoms with E-state index in [-0.39, 0.29) is 0 Å². The minimum Gasteiger partial charge on any atom is -0.750 e. The van der Waals surface area contributed by atoms with Crippen molar-refractivity contribution in [1.29, 1.82) is 0 Å². The van der Waals surface area contributed by atoms with Crippen LogP contribution < -0.4 is 0 Å². The number of hydrogen-bond acceptors (Lipinski definition) is 5. The number of methoxy groups -OCH3 is 1. The quantitative estimate of drug-likeness (QED) is 0.486. The summed E-state index contributed by atoms with van der Waals surface area (Å²) in [5.41, 5.74) is -1.25. The highest BCUT2D eigenvalue weighted by atomic mass is 32.2. The van der Waals surface area contributed by atoms with Crippen LogP contribution in [-0.4, -0.2) is 27.4 Å². The van der Waals surface area contributed by atoms with Gasteiger partial charge in [-0.05, 0) is 18.8 Å². The van der Waals surface area contributed by atoms with Crippen molar-refractivity contribution in [2.45, 2.75) is 25.4 Å². The van der Waals surface area contributed by atoms with Gasteiger partial charge in [0.2, 0.25) is 0 Å². The highest BCUT2D eigenvalue weighted by Crippen LogP contribution is 2.41. The lowest BCUT2D eigenvalue weighted by Gasteiger charge is -2.42. The number of ether oxygens (including phenoxy) is 1. The molecule has 1 atom stereocenters. The molecule has 0 saturated heterocycles. The Hall–Kier alpha value is -0.460. The molecule has 13 heavy (non-hydrogen) atoms. The predicted octanol–water partition coefficient (Wildman–Crippen LogP) is 0.139. The van der Waals surface area contributed by atoms with Crippen LogP contribution in [0.15, 0.2) is 0 Å². The summed E-state index contributed by atoms with van der Waals surface area (Å²) in [6.07, 6.45) is 0.793. The molecule has 0 N–H and O–H groups in total. The molecule has 0 aromatic heterocycles. The van der Waals surface area contributed by atoms with Gasteiger partial charge >= 0.3 is 5.97 Å². The maximum Gasteiger partial charge on any atom is 0.339 e. The molecule has 1 fully saturated rings. The molecule has 6 heteroatoms. The van der Waals surface area contributed by atoms with Crippen LogP contribution in [0.4, 0.5) is 0 Å². The maximum absolute atomic E-state index is 11.2. The van der Waals surface area contributed by atoms with Crippen LogP contribution in [0.25, 0.3) is 0 Å². The van der Waals surface area contributed by atoms with Crippen molar-refractivity contribution in [2.24, 2.45) is 5.92 Å². The van der Waals surface area contributed by atoms with Gasteiger partial charge in [-0.25, -0.2) is 9.00 Å². The molecule has 0 aliphatic heterocycles. The second-order valence-corrected chi connectivity index (χ2v) is 3.86. The Balaban J connectivity index is 2.66. The Bertz CT molecular complexity index is 233. The molecular weight excluding hydrogens is 196 g/mol. The van der Waals surface area contributed by atoms with Crippen LogP contribution >= 0.6 is 0 Å². The molecule has 5 nitrogen and oxygen atoms in total. The minimum absolute atomic E-state index is 0.294. The van der Waals surface area contributed by atoms with Gasteiger partial charge in [0.05, 0.1) is 18.5 Å². The van der Waals surface area contributed by atoms with E-state index in [4.69, 9.17) is 0 Å². The van der Waals surface area contributed by atoms with E-state index in [1.54, 1.807) is 0 Å². The first-order valence-corrected chi connectivity index (χ1v) is 4.87. The molecule has 0 amide bonds. The van der Waals surface area contributed by atoms with E-state index in [0.717, 1.165) is 0 Å². The van der Waals surface area contributed by atoms with Gasteiger partial charge in [0.25, 0.3) is 0 Å². The summed E-state index contributed by atoms with van der Waals surface area (Å²) in [7, 11) is 1.21. The number of esters is 1. The van der Waals surface area contributed by atoms with Gasteiger partial charge in [-0.3, -0.25) is 4.18 Å². The van der Waals surface area contributed by atoms with Gasteiger partial charge in [-0.15, -0.1) is 0 Å². The molecule has 0 radical (unpaired) electrons.